The quantitative estimate of drug-likeness (QED) is 0.523. The molecule has 0 atom stereocenters. The van der Waals surface area contributed by atoms with Gasteiger partial charge in [-0.25, -0.2) is 0 Å². The molecule has 1 saturated heterocycles. The number of Topliss-reactive ketones (excluding diaryl/α,β-unsaturated/α-hetero) is 1. The summed E-state index contributed by atoms with van der Waals surface area (Å²) in [5.74, 6) is 0.857. The molecule has 0 unspecified atom stereocenters. The lowest BCUT2D eigenvalue weighted by molar-refractivity contribution is -0.119. The number of ketones is 2. The van der Waals surface area contributed by atoms with E-state index in [4.69, 9.17) is 9.26 Å². The first-order valence-electron chi connectivity index (χ1n) is 9.79. The number of carbonyl (C=O) groups excluding carboxylic acids is 2. The first-order chi connectivity index (χ1) is 14.2. The highest BCUT2D eigenvalue weighted by Crippen LogP contribution is 2.45. The highest BCUT2D eigenvalue weighted by Gasteiger charge is 2.34. The second-order valence-electron chi connectivity index (χ2n) is 7.37. The topological polar surface area (TPSA) is 84.7 Å². The average Bonchev–Trinajstić information content (AvgIpc) is 3.18. The molecule has 2 aliphatic rings. The van der Waals surface area contributed by atoms with Gasteiger partial charge < -0.3 is 19.5 Å². The number of rotatable bonds is 5. The Hall–Kier alpha value is -3.19. The monoisotopic (exact) mass is 391 g/mol. The zero-order valence-corrected chi connectivity index (χ0v) is 16.2. The van der Waals surface area contributed by atoms with Gasteiger partial charge >= 0.3 is 0 Å². The van der Waals surface area contributed by atoms with E-state index >= 15 is 0 Å². The van der Waals surface area contributed by atoms with Crippen molar-refractivity contribution in [3.8, 4) is 11.3 Å². The molecule has 1 aliphatic heterocycles. The minimum atomic E-state index is -0.0402. The zero-order valence-electron chi connectivity index (χ0n) is 16.2. The third-order valence-corrected chi connectivity index (χ3v) is 5.66. The lowest BCUT2D eigenvalue weighted by atomic mass is 9.86. The predicted octanol–water partition coefficient (Wildman–Crippen LogP) is 3.27. The Morgan fingerprint density at radius 2 is 1.93 bits per heavy atom. The number of hydrogen-bond donors (Lipinski definition) is 1. The molecule has 29 heavy (non-hydrogen) atoms. The zero-order chi connectivity index (χ0) is 20.0. The molecule has 1 N–H and O–H groups in total. The molecule has 0 saturated carbocycles. The summed E-state index contributed by atoms with van der Waals surface area (Å²) in [7, 11) is 1.64. The number of nitrogens with zero attached hydrogens (tertiary/aromatic N) is 2. The van der Waals surface area contributed by atoms with Crippen LogP contribution in [-0.2, 0) is 9.53 Å². The van der Waals surface area contributed by atoms with Gasteiger partial charge in [-0.15, -0.1) is 0 Å². The van der Waals surface area contributed by atoms with E-state index in [-0.39, 0.29) is 11.6 Å². The summed E-state index contributed by atoms with van der Waals surface area (Å²) in [4.78, 5) is 27.2. The molecule has 2 heterocycles. The molecule has 0 amide bonds. The highest BCUT2D eigenvalue weighted by atomic mass is 16.5. The van der Waals surface area contributed by atoms with Crippen molar-refractivity contribution in [2.24, 2.45) is 0 Å². The minimum Gasteiger partial charge on any atom is -0.383 e. The van der Waals surface area contributed by atoms with E-state index in [1.807, 2.05) is 30.3 Å². The average molecular weight is 391 g/mol. The van der Waals surface area contributed by atoms with Crippen molar-refractivity contribution in [1.29, 1.82) is 0 Å². The Morgan fingerprint density at radius 3 is 2.69 bits per heavy atom. The number of fused-ring (bicyclic) bond motifs is 2. The maximum atomic E-state index is 13.4. The van der Waals surface area contributed by atoms with Crippen molar-refractivity contribution in [1.82, 2.24) is 5.16 Å². The maximum Gasteiger partial charge on any atom is 0.196 e. The first kappa shape index (κ1) is 17.9. The van der Waals surface area contributed by atoms with Crippen molar-refractivity contribution in [2.75, 3.05) is 43.6 Å². The van der Waals surface area contributed by atoms with Gasteiger partial charge in [-0.3, -0.25) is 9.59 Å². The van der Waals surface area contributed by atoms with Crippen molar-refractivity contribution >= 4 is 33.8 Å². The van der Waals surface area contributed by atoms with E-state index < -0.39 is 0 Å². The largest absolute Gasteiger partial charge is 0.383 e. The second-order valence-corrected chi connectivity index (χ2v) is 7.37. The van der Waals surface area contributed by atoms with E-state index in [1.165, 1.54) is 0 Å². The van der Waals surface area contributed by atoms with Gasteiger partial charge in [0.2, 0.25) is 0 Å². The second kappa shape index (κ2) is 7.00. The van der Waals surface area contributed by atoms with Crippen LogP contribution in [0.15, 0.2) is 34.9 Å². The number of carbonyl (C=O) groups is 2. The molecule has 0 bridgehead atoms. The van der Waals surface area contributed by atoms with E-state index in [0.717, 1.165) is 22.3 Å². The van der Waals surface area contributed by atoms with Crippen LogP contribution in [0.5, 0.6) is 0 Å². The van der Waals surface area contributed by atoms with Gasteiger partial charge in [-0.1, -0.05) is 29.4 Å². The van der Waals surface area contributed by atoms with Crippen LogP contribution in [0.25, 0.3) is 22.2 Å². The first-order valence-corrected chi connectivity index (χ1v) is 9.79. The van der Waals surface area contributed by atoms with Crippen LogP contribution in [0.4, 0.5) is 11.4 Å². The molecule has 0 radical (unpaired) electrons. The van der Waals surface area contributed by atoms with E-state index in [9.17, 15) is 9.59 Å². The fourth-order valence-corrected chi connectivity index (χ4v) is 4.21. The van der Waals surface area contributed by atoms with Crippen LogP contribution >= 0.6 is 0 Å². The fraction of sp³-hybridized carbons (Fsp3) is 0.318. The number of benzene rings is 2. The SMILES string of the molecule is COCCNc1cc(N2CCC(=O)CC2)c2noc3c2c1C(=O)c1ccccc1-3. The molecular formula is C22H21N3O4. The van der Waals surface area contributed by atoms with Crippen molar-refractivity contribution in [3.05, 3.63) is 41.5 Å². The standard InChI is InChI=1S/C22H21N3O4/c1-28-11-8-23-16-12-17(25-9-6-13(26)7-10-25)20-19-18(16)21(27)14-4-2-3-5-15(14)22(19)29-24-20/h2-5,12,23H,6-11H2,1H3. The molecule has 1 aliphatic carbocycles. The summed E-state index contributed by atoms with van der Waals surface area (Å²) in [6.07, 6.45) is 1.03. The van der Waals surface area contributed by atoms with Gasteiger partial charge in [0.15, 0.2) is 11.5 Å². The van der Waals surface area contributed by atoms with Crippen molar-refractivity contribution < 1.29 is 18.8 Å². The van der Waals surface area contributed by atoms with Crippen LogP contribution < -0.4 is 10.2 Å². The lowest BCUT2D eigenvalue weighted by Gasteiger charge is -2.29. The molecule has 0 spiro atoms. The Kier molecular flexibility index (Phi) is 4.32. The van der Waals surface area contributed by atoms with Crippen molar-refractivity contribution in [2.45, 2.75) is 12.8 Å². The molecule has 148 valence electrons. The number of nitrogens with one attached hydrogen (secondary N) is 1. The molecule has 7 heteroatoms. The number of anilines is 2. The van der Waals surface area contributed by atoms with Gasteiger partial charge in [0.1, 0.15) is 11.3 Å². The lowest BCUT2D eigenvalue weighted by Crippen LogP contribution is -2.34. The fourth-order valence-electron chi connectivity index (χ4n) is 4.21. The summed E-state index contributed by atoms with van der Waals surface area (Å²) in [6, 6.07) is 9.41. The van der Waals surface area contributed by atoms with Crippen LogP contribution in [-0.4, -0.2) is 50.1 Å². The molecule has 7 nitrogen and oxygen atoms in total. The van der Waals surface area contributed by atoms with Gasteiger partial charge in [0, 0.05) is 56.4 Å². The van der Waals surface area contributed by atoms with E-state index in [0.29, 0.717) is 61.5 Å². The summed E-state index contributed by atoms with van der Waals surface area (Å²) in [5.41, 5.74) is 4.27. The third-order valence-electron chi connectivity index (χ3n) is 5.66. The van der Waals surface area contributed by atoms with Crippen LogP contribution in [0, 0.1) is 0 Å². The van der Waals surface area contributed by atoms with Crippen LogP contribution in [0.1, 0.15) is 28.8 Å². The van der Waals surface area contributed by atoms with Gasteiger partial charge in [0.25, 0.3) is 0 Å². The molecule has 1 fully saturated rings. The number of piperidine rings is 1. The summed E-state index contributed by atoms with van der Waals surface area (Å²) >= 11 is 0. The Morgan fingerprint density at radius 1 is 1.17 bits per heavy atom. The van der Waals surface area contributed by atoms with Crippen molar-refractivity contribution in [3.63, 3.8) is 0 Å². The normalized spacial score (nSPS) is 15.7. The third kappa shape index (κ3) is 2.81. The number of ether oxygens (including phenoxy) is 1. The summed E-state index contributed by atoms with van der Waals surface area (Å²) in [5, 5.41) is 8.44. The molecule has 5 rings (SSSR count). The maximum absolute atomic E-state index is 13.4. The van der Waals surface area contributed by atoms with E-state index in [2.05, 4.69) is 15.4 Å². The van der Waals surface area contributed by atoms with Crippen LogP contribution in [0.2, 0.25) is 0 Å². The van der Waals surface area contributed by atoms with E-state index in [1.54, 1.807) is 7.11 Å². The number of aromatic nitrogens is 1. The predicted molar refractivity (Wildman–Crippen MR) is 110 cm³/mol. The Balaban J connectivity index is 1.72. The Labute approximate surface area is 167 Å². The van der Waals surface area contributed by atoms with Gasteiger partial charge in [-0.05, 0) is 6.07 Å². The Bertz CT molecular complexity index is 1120. The molecule has 3 aromatic rings. The minimum absolute atomic E-state index is 0.0402. The molecule has 1 aromatic heterocycles. The molecular weight excluding hydrogens is 370 g/mol. The smallest absolute Gasteiger partial charge is 0.196 e. The highest BCUT2D eigenvalue weighted by molar-refractivity contribution is 6.28. The van der Waals surface area contributed by atoms with Gasteiger partial charge in [-0.2, -0.15) is 0 Å². The molecule has 2 aromatic carbocycles. The number of hydrogen-bond acceptors (Lipinski definition) is 7. The van der Waals surface area contributed by atoms with Crippen LogP contribution in [0.3, 0.4) is 0 Å². The summed E-state index contributed by atoms with van der Waals surface area (Å²) in [6.45, 7) is 2.36. The number of methoxy groups -OCH3 is 1. The van der Waals surface area contributed by atoms with Gasteiger partial charge in [0.05, 0.1) is 23.2 Å². The summed E-state index contributed by atoms with van der Waals surface area (Å²) < 4.78 is 10.9.